The average molecular weight is 357 g/mol. The summed E-state index contributed by atoms with van der Waals surface area (Å²) in [5.74, 6) is 0.500. The van der Waals surface area contributed by atoms with Crippen molar-refractivity contribution in [3.63, 3.8) is 0 Å². The molecule has 0 spiro atoms. The van der Waals surface area contributed by atoms with E-state index in [-0.39, 0.29) is 17.9 Å². The summed E-state index contributed by atoms with van der Waals surface area (Å²) in [4.78, 5) is 33.6. The Balaban J connectivity index is 1.50. The van der Waals surface area contributed by atoms with E-state index in [1.54, 1.807) is 30.1 Å². The fourth-order valence-electron chi connectivity index (χ4n) is 3.18. The van der Waals surface area contributed by atoms with Crippen LogP contribution in [0.3, 0.4) is 0 Å². The minimum atomic E-state index is -0.175. The van der Waals surface area contributed by atoms with E-state index in [9.17, 15) is 9.59 Å². The molecule has 1 aromatic heterocycles. The number of hydrogen-bond donors (Lipinski definition) is 1. The third-order valence-electron chi connectivity index (χ3n) is 4.73. The highest BCUT2D eigenvalue weighted by atomic mass is 16.2. The van der Waals surface area contributed by atoms with Crippen LogP contribution in [0.1, 0.15) is 12.2 Å². The van der Waals surface area contributed by atoms with E-state index in [1.807, 2.05) is 48.5 Å². The van der Waals surface area contributed by atoms with Gasteiger partial charge in [-0.15, -0.1) is 0 Å². The largest absolute Gasteiger partial charge is 0.315 e. The van der Waals surface area contributed by atoms with Crippen LogP contribution in [-0.4, -0.2) is 22.9 Å². The first-order chi connectivity index (χ1) is 13.1. The summed E-state index contributed by atoms with van der Waals surface area (Å²) in [6, 6.07) is 21.2. The topological polar surface area (TPSA) is 66.1 Å². The zero-order valence-electron chi connectivity index (χ0n) is 15.0. The predicted molar refractivity (Wildman–Crippen MR) is 108 cm³/mol. The molecule has 5 heteroatoms. The summed E-state index contributed by atoms with van der Waals surface area (Å²) >= 11 is 0. The van der Waals surface area contributed by atoms with Crippen molar-refractivity contribution in [2.24, 2.45) is 0 Å². The number of anilines is 1. The number of rotatable bonds is 4. The maximum absolute atomic E-state index is 12.6. The van der Waals surface area contributed by atoms with Crippen molar-refractivity contribution >= 4 is 33.3 Å². The number of aryl methyl sites for hydroxylation is 1. The first kappa shape index (κ1) is 17.0. The van der Waals surface area contributed by atoms with Crippen molar-refractivity contribution in [1.82, 2.24) is 9.97 Å². The zero-order valence-corrected chi connectivity index (χ0v) is 15.0. The fourth-order valence-corrected chi connectivity index (χ4v) is 3.18. The van der Waals surface area contributed by atoms with Gasteiger partial charge in [-0.1, -0.05) is 42.5 Å². The molecule has 0 radical (unpaired) electrons. The van der Waals surface area contributed by atoms with E-state index in [4.69, 9.17) is 0 Å². The number of para-hydroxylation sites is 1. The molecule has 1 N–H and O–H groups in total. The smallest absolute Gasteiger partial charge is 0.258 e. The molecular weight excluding hydrogens is 338 g/mol. The van der Waals surface area contributed by atoms with Crippen molar-refractivity contribution in [3.05, 3.63) is 82.9 Å². The second-order valence-electron chi connectivity index (χ2n) is 6.51. The van der Waals surface area contributed by atoms with Crippen molar-refractivity contribution in [3.8, 4) is 0 Å². The number of amides is 1. The molecule has 0 saturated carbocycles. The number of aromatic nitrogens is 2. The Hall–Kier alpha value is -3.47. The summed E-state index contributed by atoms with van der Waals surface area (Å²) in [6.45, 7) is 0. The first-order valence-electron chi connectivity index (χ1n) is 8.85. The average Bonchev–Trinajstić information content (AvgIpc) is 2.71. The normalized spacial score (nSPS) is 11.0. The molecule has 3 aromatic carbocycles. The number of benzene rings is 3. The maximum Gasteiger partial charge on any atom is 0.258 e. The number of H-pyrrole nitrogens is 1. The van der Waals surface area contributed by atoms with E-state index in [0.29, 0.717) is 23.1 Å². The minimum Gasteiger partial charge on any atom is -0.315 e. The van der Waals surface area contributed by atoms with Crippen LogP contribution in [0, 0.1) is 0 Å². The predicted octanol–water partition coefficient (Wildman–Crippen LogP) is 3.67. The molecular formula is C22H19N3O2. The van der Waals surface area contributed by atoms with Gasteiger partial charge < -0.3 is 9.88 Å². The van der Waals surface area contributed by atoms with Gasteiger partial charge in [-0.3, -0.25) is 9.59 Å². The highest BCUT2D eigenvalue weighted by Gasteiger charge is 2.13. The van der Waals surface area contributed by atoms with Gasteiger partial charge in [0.1, 0.15) is 5.82 Å². The molecule has 0 atom stereocenters. The van der Waals surface area contributed by atoms with Gasteiger partial charge in [0.05, 0.1) is 10.9 Å². The standard InChI is InChI=1S/C22H19N3O2/c1-25(17-11-10-15-6-2-3-7-16(15)14-17)21(26)13-12-20-23-19-9-5-4-8-18(19)22(27)24-20/h2-11,14H,12-13H2,1H3,(H,23,24,27). The zero-order chi connectivity index (χ0) is 18.8. The second kappa shape index (κ2) is 7.03. The lowest BCUT2D eigenvalue weighted by Gasteiger charge is -2.18. The van der Waals surface area contributed by atoms with Crippen molar-refractivity contribution in [2.45, 2.75) is 12.8 Å². The number of fused-ring (bicyclic) bond motifs is 2. The SMILES string of the molecule is CN(C(=O)CCc1nc2ccccc2c(=O)[nH]1)c1ccc2ccccc2c1. The summed E-state index contributed by atoms with van der Waals surface area (Å²) in [7, 11) is 1.77. The summed E-state index contributed by atoms with van der Waals surface area (Å²) < 4.78 is 0. The molecule has 0 unspecified atom stereocenters. The van der Waals surface area contributed by atoms with Gasteiger partial charge in [-0.2, -0.15) is 0 Å². The van der Waals surface area contributed by atoms with Crippen LogP contribution in [-0.2, 0) is 11.2 Å². The van der Waals surface area contributed by atoms with Crippen molar-refractivity contribution in [1.29, 1.82) is 0 Å². The molecule has 1 heterocycles. The Morgan fingerprint density at radius 2 is 1.74 bits per heavy atom. The lowest BCUT2D eigenvalue weighted by molar-refractivity contribution is -0.118. The number of aromatic amines is 1. The fraction of sp³-hybridized carbons (Fsp3) is 0.136. The molecule has 27 heavy (non-hydrogen) atoms. The van der Waals surface area contributed by atoms with Crippen LogP contribution in [0.2, 0.25) is 0 Å². The Morgan fingerprint density at radius 1 is 1.00 bits per heavy atom. The third kappa shape index (κ3) is 3.44. The van der Waals surface area contributed by atoms with E-state index in [1.165, 1.54) is 0 Å². The number of carbonyl (C=O) groups is 1. The van der Waals surface area contributed by atoms with Gasteiger partial charge in [-0.05, 0) is 35.0 Å². The van der Waals surface area contributed by atoms with Gasteiger partial charge in [0.2, 0.25) is 5.91 Å². The lowest BCUT2D eigenvalue weighted by atomic mass is 10.1. The van der Waals surface area contributed by atoms with E-state index in [0.717, 1.165) is 16.5 Å². The Kier molecular flexibility index (Phi) is 4.42. The van der Waals surface area contributed by atoms with Crippen LogP contribution < -0.4 is 10.5 Å². The summed E-state index contributed by atoms with van der Waals surface area (Å²) in [5, 5.41) is 2.79. The molecule has 1 amide bonds. The molecule has 0 fully saturated rings. The van der Waals surface area contributed by atoms with E-state index >= 15 is 0 Å². The minimum absolute atomic E-state index is 0.0268. The molecule has 0 bridgehead atoms. The quantitative estimate of drug-likeness (QED) is 0.606. The first-order valence-corrected chi connectivity index (χ1v) is 8.85. The Morgan fingerprint density at radius 3 is 2.59 bits per heavy atom. The Labute approximate surface area is 156 Å². The van der Waals surface area contributed by atoms with Gasteiger partial charge in [-0.25, -0.2) is 4.98 Å². The van der Waals surface area contributed by atoms with E-state index < -0.39 is 0 Å². The van der Waals surface area contributed by atoms with E-state index in [2.05, 4.69) is 9.97 Å². The molecule has 0 aliphatic heterocycles. The highest BCUT2D eigenvalue weighted by Crippen LogP contribution is 2.22. The number of hydrogen-bond acceptors (Lipinski definition) is 3. The number of nitrogens with zero attached hydrogens (tertiary/aromatic N) is 2. The molecule has 0 saturated heterocycles. The second-order valence-corrected chi connectivity index (χ2v) is 6.51. The van der Waals surface area contributed by atoms with Gasteiger partial charge >= 0.3 is 0 Å². The van der Waals surface area contributed by atoms with Crippen molar-refractivity contribution in [2.75, 3.05) is 11.9 Å². The monoisotopic (exact) mass is 357 g/mol. The van der Waals surface area contributed by atoms with Crippen LogP contribution in [0.25, 0.3) is 21.7 Å². The highest BCUT2D eigenvalue weighted by molar-refractivity contribution is 5.96. The van der Waals surface area contributed by atoms with Crippen molar-refractivity contribution < 1.29 is 4.79 Å². The van der Waals surface area contributed by atoms with Crippen LogP contribution >= 0.6 is 0 Å². The van der Waals surface area contributed by atoms with Gasteiger partial charge in [0.15, 0.2) is 0 Å². The molecule has 4 rings (SSSR count). The Bertz CT molecular complexity index is 1200. The van der Waals surface area contributed by atoms with Crippen LogP contribution in [0.4, 0.5) is 5.69 Å². The number of nitrogens with one attached hydrogen (secondary N) is 1. The van der Waals surface area contributed by atoms with Gasteiger partial charge in [0, 0.05) is 25.6 Å². The lowest BCUT2D eigenvalue weighted by Crippen LogP contribution is -2.26. The number of carbonyl (C=O) groups excluding carboxylic acids is 1. The summed E-state index contributed by atoms with van der Waals surface area (Å²) in [5.41, 5.74) is 1.32. The summed E-state index contributed by atoms with van der Waals surface area (Å²) in [6.07, 6.45) is 0.654. The molecule has 0 aliphatic rings. The maximum atomic E-state index is 12.6. The van der Waals surface area contributed by atoms with Crippen LogP contribution in [0.5, 0.6) is 0 Å². The van der Waals surface area contributed by atoms with Crippen LogP contribution in [0.15, 0.2) is 71.5 Å². The molecule has 4 aromatic rings. The van der Waals surface area contributed by atoms with Gasteiger partial charge in [0.25, 0.3) is 5.56 Å². The third-order valence-corrected chi connectivity index (χ3v) is 4.73. The molecule has 0 aliphatic carbocycles. The molecule has 134 valence electrons. The molecule has 5 nitrogen and oxygen atoms in total.